The fourth-order valence-corrected chi connectivity index (χ4v) is 2.12. The summed E-state index contributed by atoms with van der Waals surface area (Å²) in [5.41, 5.74) is 0.878. The minimum atomic E-state index is -4.43. The van der Waals surface area contributed by atoms with Crippen LogP contribution in [0.5, 0.6) is 0 Å². The average Bonchev–Trinajstić information content (AvgIpc) is 2.79. The lowest BCUT2D eigenvalue weighted by atomic mass is 10.1. The van der Waals surface area contributed by atoms with Gasteiger partial charge < -0.3 is 5.32 Å². The van der Waals surface area contributed by atoms with Crippen LogP contribution >= 0.6 is 22.9 Å². The minimum absolute atomic E-state index is 0.0142. The molecule has 1 aromatic carbocycles. The molecule has 2 aromatic rings. The van der Waals surface area contributed by atoms with E-state index >= 15 is 0 Å². The molecule has 0 radical (unpaired) electrons. The molecule has 0 bridgehead atoms. The lowest BCUT2D eigenvalue weighted by Gasteiger charge is -2.14. The van der Waals surface area contributed by atoms with Crippen molar-refractivity contribution >= 4 is 28.6 Å². The number of alkyl halides is 3. The van der Waals surface area contributed by atoms with Crippen molar-refractivity contribution in [2.24, 2.45) is 0 Å². The quantitative estimate of drug-likeness (QED) is 0.905. The highest BCUT2D eigenvalue weighted by Gasteiger charge is 2.33. The number of rotatable bonds is 3. The molecule has 0 spiro atoms. The Morgan fingerprint density at radius 1 is 1.33 bits per heavy atom. The van der Waals surface area contributed by atoms with Gasteiger partial charge >= 0.3 is 6.18 Å². The first kappa shape index (κ1) is 13.2. The molecule has 7 heteroatoms. The first-order chi connectivity index (χ1) is 8.47. The van der Waals surface area contributed by atoms with E-state index < -0.39 is 11.7 Å². The van der Waals surface area contributed by atoms with Crippen molar-refractivity contribution in [2.75, 3.05) is 5.32 Å². The molecule has 0 aliphatic heterocycles. The lowest BCUT2D eigenvalue weighted by Crippen LogP contribution is -2.10. The third kappa shape index (κ3) is 3.14. The van der Waals surface area contributed by atoms with Crippen LogP contribution in [-0.2, 0) is 12.7 Å². The molecule has 0 aliphatic rings. The van der Waals surface area contributed by atoms with Crippen LogP contribution in [0.25, 0.3) is 0 Å². The largest absolute Gasteiger partial charge is 0.418 e. The van der Waals surface area contributed by atoms with Crippen LogP contribution in [0.1, 0.15) is 10.4 Å². The summed E-state index contributed by atoms with van der Waals surface area (Å²) in [5, 5.41) is 2.80. The van der Waals surface area contributed by atoms with Gasteiger partial charge in [0.2, 0.25) is 0 Å². The summed E-state index contributed by atoms with van der Waals surface area (Å²) in [4.78, 5) is 4.71. The Hall–Kier alpha value is -1.27. The number of aromatic nitrogens is 1. The van der Waals surface area contributed by atoms with Crippen LogP contribution in [0.2, 0.25) is 5.02 Å². The van der Waals surface area contributed by atoms with Crippen LogP contribution in [-0.4, -0.2) is 4.98 Å². The Balaban J connectivity index is 2.22. The summed E-state index contributed by atoms with van der Waals surface area (Å²) in [6.07, 6.45) is -2.82. The molecule has 0 fully saturated rings. The zero-order chi connectivity index (χ0) is 13.2. The molecule has 0 saturated heterocycles. The van der Waals surface area contributed by atoms with Crippen molar-refractivity contribution in [2.45, 2.75) is 12.7 Å². The summed E-state index contributed by atoms with van der Waals surface area (Å²) in [6, 6.07) is 3.66. The molecule has 0 atom stereocenters. The van der Waals surface area contributed by atoms with Gasteiger partial charge in [0.05, 0.1) is 17.6 Å². The Morgan fingerprint density at radius 2 is 2.11 bits per heavy atom. The van der Waals surface area contributed by atoms with Gasteiger partial charge in [0.25, 0.3) is 0 Å². The topological polar surface area (TPSA) is 24.9 Å². The number of thiazole rings is 1. The molecule has 0 aliphatic carbocycles. The minimum Gasteiger partial charge on any atom is -0.380 e. The van der Waals surface area contributed by atoms with Gasteiger partial charge in [-0.2, -0.15) is 13.2 Å². The first-order valence-corrected chi connectivity index (χ1v) is 6.20. The van der Waals surface area contributed by atoms with Crippen molar-refractivity contribution in [1.82, 2.24) is 4.98 Å². The van der Waals surface area contributed by atoms with Crippen molar-refractivity contribution in [1.29, 1.82) is 0 Å². The zero-order valence-corrected chi connectivity index (χ0v) is 10.5. The number of anilines is 1. The molecule has 0 amide bonds. The molecule has 96 valence electrons. The maximum Gasteiger partial charge on any atom is 0.418 e. The van der Waals surface area contributed by atoms with Crippen LogP contribution in [0.15, 0.2) is 29.9 Å². The molecule has 1 aromatic heterocycles. The van der Waals surface area contributed by atoms with E-state index in [4.69, 9.17) is 11.6 Å². The molecular formula is C11H8ClF3N2S. The van der Waals surface area contributed by atoms with Crippen molar-refractivity contribution in [3.8, 4) is 0 Å². The Labute approximate surface area is 110 Å². The van der Waals surface area contributed by atoms with Gasteiger partial charge in [0, 0.05) is 21.8 Å². The average molecular weight is 293 g/mol. The molecule has 1 N–H and O–H groups in total. The predicted molar refractivity (Wildman–Crippen MR) is 65.9 cm³/mol. The van der Waals surface area contributed by atoms with E-state index in [9.17, 15) is 13.2 Å². The number of hydrogen-bond acceptors (Lipinski definition) is 3. The van der Waals surface area contributed by atoms with E-state index in [1.54, 1.807) is 11.7 Å². The second kappa shape index (κ2) is 5.16. The maximum atomic E-state index is 12.8. The van der Waals surface area contributed by atoms with Gasteiger partial charge in [-0.25, -0.2) is 0 Å². The summed E-state index contributed by atoms with van der Waals surface area (Å²) < 4.78 is 38.4. The predicted octanol–water partition coefficient (Wildman–Crippen LogP) is 4.43. The number of hydrogen-bond donors (Lipinski definition) is 1. The highest BCUT2D eigenvalue weighted by Crippen LogP contribution is 2.36. The second-order valence-electron chi connectivity index (χ2n) is 3.51. The van der Waals surface area contributed by atoms with Gasteiger partial charge in [-0.1, -0.05) is 11.6 Å². The van der Waals surface area contributed by atoms with Crippen molar-refractivity contribution in [3.63, 3.8) is 0 Å². The van der Waals surface area contributed by atoms with Gasteiger partial charge in [0.15, 0.2) is 0 Å². The standard InChI is InChI=1S/C11H8ClF3N2S/c12-7-1-2-10(9(3-7)11(13,14)15)17-5-8-4-16-6-18-8/h1-4,6,17H,5H2. The number of nitrogens with zero attached hydrogens (tertiary/aromatic N) is 1. The highest BCUT2D eigenvalue weighted by atomic mass is 35.5. The summed E-state index contributed by atoms with van der Waals surface area (Å²) >= 11 is 6.96. The van der Waals surface area contributed by atoms with E-state index in [0.29, 0.717) is 6.54 Å². The van der Waals surface area contributed by atoms with Crippen molar-refractivity contribution < 1.29 is 13.2 Å². The van der Waals surface area contributed by atoms with E-state index in [-0.39, 0.29) is 10.7 Å². The Morgan fingerprint density at radius 3 is 2.72 bits per heavy atom. The van der Waals surface area contributed by atoms with Crippen LogP contribution < -0.4 is 5.32 Å². The van der Waals surface area contributed by atoms with Gasteiger partial charge in [-0.3, -0.25) is 4.98 Å². The Kier molecular flexibility index (Phi) is 3.77. The molecule has 2 rings (SSSR count). The van der Waals surface area contributed by atoms with E-state index in [2.05, 4.69) is 10.3 Å². The van der Waals surface area contributed by atoms with E-state index in [1.807, 2.05) is 0 Å². The fourth-order valence-electron chi connectivity index (χ4n) is 1.42. The highest BCUT2D eigenvalue weighted by molar-refractivity contribution is 7.09. The second-order valence-corrected chi connectivity index (χ2v) is 4.92. The fraction of sp³-hybridized carbons (Fsp3) is 0.182. The summed E-state index contributed by atoms with van der Waals surface area (Å²) in [5.74, 6) is 0. The number of nitrogens with one attached hydrogen (secondary N) is 1. The third-order valence-corrected chi connectivity index (χ3v) is 3.24. The van der Waals surface area contributed by atoms with Gasteiger partial charge in [-0.15, -0.1) is 11.3 Å². The number of halogens is 4. The maximum absolute atomic E-state index is 12.8. The Bertz CT molecular complexity index is 526. The normalized spacial score (nSPS) is 11.6. The summed E-state index contributed by atoms with van der Waals surface area (Å²) in [7, 11) is 0. The molecule has 0 saturated carbocycles. The van der Waals surface area contributed by atoms with Crippen LogP contribution in [0.3, 0.4) is 0 Å². The van der Waals surface area contributed by atoms with Crippen LogP contribution in [0, 0.1) is 0 Å². The van der Waals surface area contributed by atoms with Crippen molar-refractivity contribution in [3.05, 3.63) is 45.4 Å². The molecule has 1 heterocycles. The van der Waals surface area contributed by atoms with Gasteiger partial charge in [-0.05, 0) is 18.2 Å². The molecular weight excluding hydrogens is 285 g/mol. The third-order valence-electron chi connectivity index (χ3n) is 2.22. The molecule has 2 nitrogen and oxygen atoms in total. The first-order valence-electron chi connectivity index (χ1n) is 4.95. The van der Waals surface area contributed by atoms with Gasteiger partial charge in [0.1, 0.15) is 0 Å². The number of benzene rings is 1. The lowest BCUT2D eigenvalue weighted by molar-refractivity contribution is -0.136. The van der Waals surface area contributed by atoms with E-state index in [1.165, 1.54) is 23.5 Å². The SMILES string of the molecule is FC(F)(F)c1cc(Cl)ccc1NCc1cncs1. The summed E-state index contributed by atoms with van der Waals surface area (Å²) in [6.45, 7) is 0.301. The van der Waals surface area contributed by atoms with E-state index in [0.717, 1.165) is 10.9 Å². The zero-order valence-electron chi connectivity index (χ0n) is 8.96. The smallest absolute Gasteiger partial charge is 0.380 e. The molecule has 18 heavy (non-hydrogen) atoms. The van der Waals surface area contributed by atoms with Crippen LogP contribution in [0.4, 0.5) is 18.9 Å². The monoisotopic (exact) mass is 292 g/mol. The molecule has 0 unspecified atom stereocenters.